The second-order valence-corrected chi connectivity index (χ2v) is 3.65. The number of rotatable bonds is 5. The van der Waals surface area contributed by atoms with Gasteiger partial charge in [-0.15, -0.1) is 0 Å². The van der Waals surface area contributed by atoms with Crippen LogP contribution in [0.3, 0.4) is 0 Å². The van der Waals surface area contributed by atoms with Crippen LogP contribution in [0.25, 0.3) is 0 Å². The SMILES string of the molecule is CCOC(=O)C(C(=O)OCC)C1(C)OCCO1. The minimum absolute atomic E-state index is 0.185. The average molecular weight is 246 g/mol. The Kier molecular flexibility index (Phi) is 4.89. The van der Waals surface area contributed by atoms with Crippen LogP contribution in [0.1, 0.15) is 20.8 Å². The standard InChI is InChI=1S/C11H18O6/c1-4-14-9(12)8(10(13)15-5-2)11(3)16-6-7-17-11/h8H,4-7H2,1-3H3. The van der Waals surface area contributed by atoms with Crippen molar-refractivity contribution >= 4 is 11.9 Å². The summed E-state index contributed by atoms with van der Waals surface area (Å²) in [5, 5.41) is 0. The predicted molar refractivity (Wildman–Crippen MR) is 57.1 cm³/mol. The molecule has 0 N–H and O–H groups in total. The predicted octanol–water partition coefficient (Wildman–Crippen LogP) is 0.492. The molecule has 6 heteroatoms. The Balaban J connectivity index is 2.85. The molecule has 1 saturated heterocycles. The Hall–Kier alpha value is -1.14. The molecule has 17 heavy (non-hydrogen) atoms. The maximum Gasteiger partial charge on any atom is 0.325 e. The van der Waals surface area contributed by atoms with Crippen LogP contribution in [-0.2, 0) is 28.5 Å². The van der Waals surface area contributed by atoms with Crippen molar-refractivity contribution in [3.05, 3.63) is 0 Å². The van der Waals surface area contributed by atoms with Gasteiger partial charge in [0.25, 0.3) is 0 Å². The van der Waals surface area contributed by atoms with Crippen LogP contribution in [0.15, 0.2) is 0 Å². The third-order valence-electron chi connectivity index (χ3n) is 2.43. The van der Waals surface area contributed by atoms with Gasteiger partial charge in [0, 0.05) is 0 Å². The van der Waals surface area contributed by atoms with E-state index in [4.69, 9.17) is 18.9 Å². The zero-order chi connectivity index (χ0) is 12.9. The summed E-state index contributed by atoms with van der Waals surface area (Å²) in [7, 11) is 0. The highest BCUT2D eigenvalue weighted by Gasteiger charge is 2.50. The van der Waals surface area contributed by atoms with Gasteiger partial charge in [-0.2, -0.15) is 0 Å². The van der Waals surface area contributed by atoms with E-state index < -0.39 is 23.6 Å². The molecule has 6 nitrogen and oxygen atoms in total. The Morgan fingerprint density at radius 2 is 1.53 bits per heavy atom. The lowest BCUT2D eigenvalue weighted by Crippen LogP contribution is -2.47. The number of carbonyl (C=O) groups is 2. The number of ether oxygens (including phenoxy) is 4. The summed E-state index contributed by atoms with van der Waals surface area (Å²) in [4.78, 5) is 23.5. The van der Waals surface area contributed by atoms with E-state index in [9.17, 15) is 9.59 Å². The monoisotopic (exact) mass is 246 g/mol. The third kappa shape index (κ3) is 3.17. The number of hydrogen-bond donors (Lipinski definition) is 0. The van der Waals surface area contributed by atoms with E-state index in [0.29, 0.717) is 13.2 Å². The van der Waals surface area contributed by atoms with E-state index in [2.05, 4.69) is 0 Å². The van der Waals surface area contributed by atoms with Crippen LogP contribution in [0, 0.1) is 5.92 Å². The van der Waals surface area contributed by atoms with Crippen molar-refractivity contribution in [3.8, 4) is 0 Å². The van der Waals surface area contributed by atoms with E-state index in [1.54, 1.807) is 20.8 Å². The average Bonchev–Trinajstić information content (AvgIpc) is 2.66. The van der Waals surface area contributed by atoms with Gasteiger partial charge < -0.3 is 18.9 Å². The van der Waals surface area contributed by atoms with Gasteiger partial charge in [0.15, 0.2) is 5.79 Å². The van der Waals surface area contributed by atoms with Crippen molar-refractivity contribution in [3.63, 3.8) is 0 Å². The molecule has 0 aliphatic carbocycles. The van der Waals surface area contributed by atoms with E-state index in [-0.39, 0.29) is 13.2 Å². The molecule has 1 rings (SSSR count). The van der Waals surface area contributed by atoms with E-state index in [1.165, 1.54) is 0 Å². The molecule has 0 aromatic heterocycles. The summed E-state index contributed by atoms with van der Waals surface area (Å²) in [5.41, 5.74) is 0. The second kappa shape index (κ2) is 5.97. The molecule has 0 bridgehead atoms. The van der Waals surface area contributed by atoms with Crippen molar-refractivity contribution in [1.29, 1.82) is 0 Å². The molecule has 0 saturated carbocycles. The van der Waals surface area contributed by atoms with Crippen molar-refractivity contribution in [2.45, 2.75) is 26.6 Å². The van der Waals surface area contributed by atoms with Crippen LogP contribution >= 0.6 is 0 Å². The zero-order valence-electron chi connectivity index (χ0n) is 10.4. The first-order valence-corrected chi connectivity index (χ1v) is 5.66. The number of esters is 2. The minimum Gasteiger partial charge on any atom is -0.465 e. The van der Waals surface area contributed by atoms with Gasteiger partial charge in [0.2, 0.25) is 5.92 Å². The van der Waals surface area contributed by atoms with Crippen molar-refractivity contribution in [2.24, 2.45) is 5.92 Å². The largest absolute Gasteiger partial charge is 0.465 e. The summed E-state index contributed by atoms with van der Waals surface area (Å²) < 4.78 is 20.3. The van der Waals surface area contributed by atoms with Crippen LogP contribution in [0.4, 0.5) is 0 Å². The highest BCUT2D eigenvalue weighted by atomic mass is 16.7. The van der Waals surface area contributed by atoms with Gasteiger partial charge in [0.05, 0.1) is 26.4 Å². The highest BCUT2D eigenvalue weighted by molar-refractivity contribution is 5.96. The highest BCUT2D eigenvalue weighted by Crippen LogP contribution is 2.30. The lowest BCUT2D eigenvalue weighted by Gasteiger charge is -2.28. The summed E-state index contributed by atoms with van der Waals surface area (Å²) in [6, 6.07) is 0. The lowest BCUT2D eigenvalue weighted by molar-refractivity contribution is -0.210. The first kappa shape index (κ1) is 13.9. The second-order valence-electron chi connectivity index (χ2n) is 3.65. The molecule has 0 radical (unpaired) electrons. The van der Waals surface area contributed by atoms with Gasteiger partial charge in [0.1, 0.15) is 0 Å². The smallest absolute Gasteiger partial charge is 0.325 e. The molecular weight excluding hydrogens is 228 g/mol. The zero-order valence-corrected chi connectivity index (χ0v) is 10.4. The Morgan fingerprint density at radius 3 is 1.88 bits per heavy atom. The van der Waals surface area contributed by atoms with Crippen molar-refractivity contribution < 1.29 is 28.5 Å². The molecule has 0 unspecified atom stereocenters. The molecule has 1 heterocycles. The quantitative estimate of drug-likeness (QED) is 0.519. The minimum atomic E-state index is -1.29. The molecule has 0 amide bonds. The topological polar surface area (TPSA) is 71.1 Å². The molecule has 1 fully saturated rings. The van der Waals surface area contributed by atoms with Crippen molar-refractivity contribution in [1.82, 2.24) is 0 Å². The van der Waals surface area contributed by atoms with Crippen molar-refractivity contribution in [2.75, 3.05) is 26.4 Å². The third-order valence-corrected chi connectivity index (χ3v) is 2.43. The fourth-order valence-corrected chi connectivity index (χ4v) is 1.67. The van der Waals surface area contributed by atoms with Gasteiger partial charge in [-0.1, -0.05) is 0 Å². The van der Waals surface area contributed by atoms with Crippen LogP contribution in [-0.4, -0.2) is 44.2 Å². The molecule has 1 aliphatic rings. The Bertz CT molecular complexity index is 264. The van der Waals surface area contributed by atoms with Gasteiger partial charge >= 0.3 is 11.9 Å². The van der Waals surface area contributed by atoms with E-state index in [1.807, 2.05) is 0 Å². The molecule has 0 spiro atoms. The van der Waals surface area contributed by atoms with E-state index >= 15 is 0 Å². The Morgan fingerprint density at radius 1 is 1.12 bits per heavy atom. The summed E-state index contributed by atoms with van der Waals surface area (Å²) >= 11 is 0. The van der Waals surface area contributed by atoms with Gasteiger partial charge in [-0.25, -0.2) is 0 Å². The van der Waals surface area contributed by atoms with Crippen LogP contribution < -0.4 is 0 Å². The van der Waals surface area contributed by atoms with Crippen LogP contribution in [0.2, 0.25) is 0 Å². The van der Waals surface area contributed by atoms with Gasteiger partial charge in [-0.05, 0) is 20.8 Å². The first-order valence-electron chi connectivity index (χ1n) is 5.66. The maximum atomic E-state index is 11.8. The normalized spacial score (nSPS) is 18.1. The lowest BCUT2D eigenvalue weighted by atomic mass is 10.0. The van der Waals surface area contributed by atoms with E-state index in [0.717, 1.165) is 0 Å². The Labute approximate surface area is 100 Å². The molecular formula is C11H18O6. The first-order chi connectivity index (χ1) is 8.05. The van der Waals surface area contributed by atoms with Gasteiger partial charge in [-0.3, -0.25) is 9.59 Å². The summed E-state index contributed by atoms with van der Waals surface area (Å²) in [6.07, 6.45) is 0. The fraction of sp³-hybridized carbons (Fsp3) is 0.818. The summed E-state index contributed by atoms with van der Waals surface area (Å²) in [5.74, 6) is -3.87. The molecule has 0 aromatic carbocycles. The molecule has 0 atom stereocenters. The molecule has 98 valence electrons. The maximum absolute atomic E-state index is 11.8. The molecule has 1 aliphatic heterocycles. The number of carbonyl (C=O) groups excluding carboxylic acids is 2. The summed E-state index contributed by atoms with van der Waals surface area (Å²) in [6.45, 7) is 5.92. The number of hydrogen-bond acceptors (Lipinski definition) is 6. The fourth-order valence-electron chi connectivity index (χ4n) is 1.67. The molecule has 0 aromatic rings. The van der Waals surface area contributed by atoms with Crippen LogP contribution in [0.5, 0.6) is 0 Å².